The molecule has 0 aliphatic carbocycles. The first-order valence-corrected chi connectivity index (χ1v) is 6.25. The highest BCUT2D eigenvalue weighted by atomic mass is 35.5. The second-order valence-corrected chi connectivity index (χ2v) is 4.47. The van der Waals surface area contributed by atoms with Crippen LogP contribution in [0.4, 0.5) is 8.78 Å². The monoisotopic (exact) mass is 287 g/mol. The second-order valence-electron chi connectivity index (χ2n) is 4.09. The Kier molecular flexibility index (Phi) is 3.99. The lowest BCUT2D eigenvalue weighted by Crippen LogP contribution is -2.15. The minimum Gasteiger partial charge on any atom is -0.370 e. The molecule has 2 rings (SSSR count). The van der Waals surface area contributed by atoms with Crippen molar-refractivity contribution in [1.82, 2.24) is 9.55 Å². The van der Waals surface area contributed by atoms with Gasteiger partial charge < -0.3 is 10.3 Å². The Morgan fingerprint density at radius 1 is 1.42 bits per heavy atom. The molecule has 0 saturated heterocycles. The number of rotatable bonds is 5. The maximum atomic E-state index is 13.6. The van der Waals surface area contributed by atoms with Gasteiger partial charge in [0.2, 0.25) is 5.91 Å². The number of aromatic nitrogens is 2. The molecule has 0 aliphatic heterocycles. The molecule has 0 radical (unpaired) electrons. The van der Waals surface area contributed by atoms with Crippen LogP contribution in [0.3, 0.4) is 0 Å². The number of hydrogen-bond acceptors (Lipinski definition) is 2. The molecule has 0 unspecified atom stereocenters. The maximum absolute atomic E-state index is 13.6. The molecule has 4 nitrogen and oxygen atoms in total. The van der Waals surface area contributed by atoms with Gasteiger partial charge in [0.1, 0.15) is 17.2 Å². The van der Waals surface area contributed by atoms with Crippen LogP contribution in [-0.2, 0) is 17.8 Å². The van der Waals surface area contributed by atoms with Gasteiger partial charge in [0, 0.05) is 31.3 Å². The number of alkyl halides is 1. The molecule has 0 saturated carbocycles. The molecule has 0 aliphatic rings. The molecule has 1 amide bonds. The first-order chi connectivity index (χ1) is 9.02. The van der Waals surface area contributed by atoms with E-state index in [1.165, 1.54) is 6.07 Å². The summed E-state index contributed by atoms with van der Waals surface area (Å²) in [7, 11) is 0. The van der Waals surface area contributed by atoms with Crippen molar-refractivity contribution >= 4 is 28.5 Å². The zero-order valence-corrected chi connectivity index (χ0v) is 10.8. The van der Waals surface area contributed by atoms with Gasteiger partial charge in [-0.2, -0.15) is 0 Å². The fourth-order valence-electron chi connectivity index (χ4n) is 1.94. The molecule has 7 heteroatoms. The van der Waals surface area contributed by atoms with Crippen molar-refractivity contribution in [2.45, 2.75) is 19.4 Å². The smallest absolute Gasteiger partial charge is 0.219 e. The van der Waals surface area contributed by atoms with Crippen LogP contribution in [-0.4, -0.2) is 21.3 Å². The van der Waals surface area contributed by atoms with Gasteiger partial charge in [0.25, 0.3) is 0 Å². The van der Waals surface area contributed by atoms with E-state index in [2.05, 4.69) is 4.98 Å². The van der Waals surface area contributed by atoms with Gasteiger partial charge in [-0.1, -0.05) is 0 Å². The van der Waals surface area contributed by atoms with E-state index in [0.717, 1.165) is 6.07 Å². The lowest BCUT2D eigenvalue weighted by molar-refractivity contribution is -0.118. The van der Waals surface area contributed by atoms with Crippen LogP contribution in [0.2, 0.25) is 0 Å². The Labute approximate surface area is 113 Å². The van der Waals surface area contributed by atoms with Crippen LogP contribution < -0.4 is 5.73 Å². The van der Waals surface area contributed by atoms with Crippen molar-refractivity contribution in [2.24, 2.45) is 5.73 Å². The molecule has 1 heterocycles. The molecular weight excluding hydrogens is 276 g/mol. The van der Waals surface area contributed by atoms with Gasteiger partial charge in [0.05, 0.1) is 5.52 Å². The summed E-state index contributed by atoms with van der Waals surface area (Å²) in [6.07, 6.45) is 0.467. The third kappa shape index (κ3) is 2.84. The average molecular weight is 288 g/mol. The predicted molar refractivity (Wildman–Crippen MR) is 67.9 cm³/mol. The third-order valence-corrected chi connectivity index (χ3v) is 2.94. The van der Waals surface area contributed by atoms with Crippen LogP contribution in [0.1, 0.15) is 12.2 Å². The number of nitrogens with zero attached hydrogens (tertiary/aromatic N) is 2. The number of benzene rings is 1. The molecule has 0 bridgehead atoms. The number of hydrogen-bond donors (Lipinski definition) is 1. The topological polar surface area (TPSA) is 60.9 Å². The zero-order valence-electron chi connectivity index (χ0n) is 10.00. The van der Waals surface area contributed by atoms with Crippen molar-refractivity contribution in [3.05, 3.63) is 29.6 Å². The van der Waals surface area contributed by atoms with E-state index < -0.39 is 17.5 Å². The molecule has 2 N–H and O–H groups in total. The van der Waals surface area contributed by atoms with E-state index in [1.807, 2.05) is 0 Å². The summed E-state index contributed by atoms with van der Waals surface area (Å²) in [6, 6.07) is 1.96. The number of halogens is 3. The van der Waals surface area contributed by atoms with Crippen molar-refractivity contribution in [3.63, 3.8) is 0 Å². The molecule has 0 spiro atoms. The molecule has 102 valence electrons. The first-order valence-electron chi connectivity index (χ1n) is 5.71. The van der Waals surface area contributed by atoms with Crippen molar-refractivity contribution in [2.75, 3.05) is 5.88 Å². The number of carbonyl (C=O) groups is 1. The summed E-state index contributed by atoms with van der Waals surface area (Å²) in [6.45, 7) is 0.223. The summed E-state index contributed by atoms with van der Waals surface area (Å²) in [5.74, 6) is -1.11. The van der Waals surface area contributed by atoms with Crippen LogP contribution in [0.25, 0.3) is 11.0 Å². The fourth-order valence-corrected chi connectivity index (χ4v) is 2.11. The predicted octanol–water partition coefficient (Wildman–Crippen LogP) is 1.97. The van der Waals surface area contributed by atoms with Crippen LogP contribution in [0.15, 0.2) is 12.1 Å². The minimum atomic E-state index is -0.733. The Hall–Kier alpha value is -1.69. The number of amides is 1. The number of imidazole rings is 1. The molecule has 1 aromatic heterocycles. The van der Waals surface area contributed by atoms with Crippen LogP contribution in [0.5, 0.6) is 0 Å². The molecule has 1 aromatic carbocycles. The fraction of sp³-hybridized carbons (Fsp3) is 0.333. The standard InChI is InChI=1S/C12H12ClF2N3O/c13-3-1-11-17-12-8(15)5-7(14)6-9(12)18(11)4-2-10(16)19/h5-6H,1-4H2,(H2,16,19). The summed E-state index contributed by atoms with van der Waals surface area (Å²) >= 11 is 5.66. The summed E-state index contributed by atoms with van der Waals surface area (Å²) < 4.78 is 28.5. The quantitative estimate of drug-likeness (QED) is 0.855. The zero-order chi connectivity index (χ0) is 14.0. The summed E-state index contributed by atoms with van der Waals surface area (Å²) in [5, 5.41) is 0. The van der Waals surface area contributed by atoms with E-state index in [9.17, 15) is 13.6 Å². The van der Waals surface area contributed by atoms with Crippen LogP contribution in [0, 0.1) is 11.6 Å². The Balaban J connectivity index is 2.55. The van der Waals surface area contributed by atoms with Gasteiger partial charge in [-0.3, -0.25) is 4.79 Å². The normalized spacial score (nSPS) is 11.1. The Morgan fingerprint density at radius 2 is 2.16 bits per heavy atom. The van der Waals surface area contributed by atoms with Gasteiger partial charge >= 0.3 is 0 Å². The highest BCUT2D eigenvalue weighted by Gasteiger charge is 2.15. The average Bonchev–Trinajstić information content (AvgIpc) is 2.65. The highest BCUT2D eigenvalue weighted by Crippen LogP contribution is 2.22. The molecule has 2 aromatic rings. The van der Waals surface area contributed by atoms with Crippen molar-refractivity contribution in [3.8, 4) is 0 Å². The summed E-state index contributed by atoms with van der Waals surface area (Å²) in [5.41, 5.74) is 5.47. The SMILES string of the molecule is NC(=O)CCn1c(CCCl)nc2c(F)cc(F)cc21. The Bertz CT molecular complexity index is 627. The molecule has 19 heavy (non-hydrogen) atoms. The van der Waals surface area contributed by atoms with Gasteiger partial charge in [-0.25, -0.2) is 13.8 Å². The van der Waals surface area contributed by atoms with E-state index in [4.69, 9.17) is 17.3 Å². The highest BCUT2D eigenvalue weighted by molar-refractivity contribution is 6.17. The van der Waals surface area contributed by atoms with E-state index in [1.54, 1.807) is 4.57 Å². The molecule has 0 atom stereocenters. The van der Waals surface area contributed by atoms with Gasteiger partial charge in [-0.15, -0.1) is 11.6 Å². The second kappa shape index (κ2) is 5.52. The lowest BCUT2D eigenvalue weighted by Gasteiger charge is -2.06. The number of nitrogens with two attached hydrogens (primary N) is 1. The molecule has 0 fully saturated rings. The number of aryl methyl sites for hydroxylation is 2. The number of primary amides is 1. The van der Waals surface area contributed by atoms with Gasteiger partial charge in [0.15, 0.2) is 5.82 Å². The third-order valence-electron chi connectivity index (χ3n) is 2.75. The lowest BCUT2D eigenvalue weighted by atomic mass is 10.3. The van der Waals surface area contributed by atoms with Crippen molar-refractivity contribution in [1.29, 1.82) is 0 Å². The maximum Gasteiger partial charge on any atom is 0.219 e. The number of fused-ring (bicyclic) bond motifs is 1. The van der Waals surface area contributed by atoms with Gasteiger partial charge in [-0.05, 0) is 6.07 Å². The van der Waals surface area contributed by atoms with Crippen LogP contribution >= 0.6 is 11.6 Å². The van der Waals surface area contributed by atoms with E-state index in [-0.39, 0.29) is 18.5 Å². The minimum absolute atomic E-state index is 0.0683. The first kappa shape index (κ1) is 13.7. The number of carbonyl (C=O) groups excluding carboxylic acids is 1. The van der Waals surface area contributed by atoms with Crippen molar-refractivity contribution < 1.29 is 13.6 Å². The Morgan fingerprint density at radius 3 is 2.79 bits per heavy atom. The van der Waals surface area contributed by atoms with E-state index in [0.29, 0.717) is 23.6 Å². The largest absolute Gasteiger partial charge is 0.370 e. The van der Waals surface area contributed by atoms with E-state index >= 15 is 0 Å². The molecular formula is C12H12ClF2N3O. The summed E-state index contributed by atoms with van der Waals surface area (Å²) in [4.78, 5) is 15.0.